The van der Waals surface area contributed by atoms with Crippen molar-refractivity contribution in [2.24, 2.45) is 0 Å². The fraction of sp³-hybridized carbons (Fsp3) is 0.357. The first-order valence-corrected chi connectivity index (χ1v) is 6.81. The lowest BCUT2D eigenvalue weighted by atomic mass is 10.1. The summed E-state index contributed by atoms with van der Waals surface area (Å²) < 4.78 is 5.94. The van der Waals surface area contributed by atoms with Crippen molar-refractivity contribution in [2.75, 3.05) is 13.7 Å². The number of esters is 1. The molecule has 0 bridgehead atoms. The molecular formula is C14H17N5O3. The maximum atomic E-state index is 12.3. The Morgan fingerprint density at radius 3 is 2.73 bits per heavy atom. The number of carbonyl (C=O) groups is 2. The Morgan fingerprint density at radius 1 is 1.32 bits per heavy atom. The Kier molecular flexibility index (Phi) is 5.58. The van der Waals surface area contributed by atoms with Crippen molar-refractivity contribution in [1.29, 1.82) is 0 Å². The molecule has 1 amide bonds. The molecule has 1 atom stereocenters. The summed E-state index contributed by atoms with van der Waals surface area (Å²) >= 11 is 0. The van der Waals surface area contributed by atoms with Crippen LogP contribution in [0.4, 0.5) is 0 Å². The zero-order chi connectivity index (χ0) is 15.8. The molecule has 8 heteroatoms. The van der Waals surface area contributed by atoms with Crippen LogP contribution in [0.3, 0.4) is 0 Å². The van der Waals surface area contributed by atoms with Gasteiger partial charge in [-0.25, -0.2) is 4.68 Å². The summed E-state index contributed by atoms with van der Waals surface area (Å²) in [6, 6.07) is 9.00. The Labute approximate surface area is 127 Å². The van der Waals surface area contributed by atoms with Crippen molar-refractivity contribution in [3.8, 4) is 0 Å². The number of aromatic nitrogens is 4. The number of nitrogens with one attached hydrogen (secondary N) is 1. The van der Waals surface area contributed by atoms with Crippen LogP contribution in [0.25, 0.3) is 0 Å². The van der Waals surface area contributed by atoms with Crippen LogP contribution in [0.1, 0.15) is 18.0 Å². The molecule has 1 heterocycles. The van der Waals surface area contributed by atoms with Gasteiger partial charge in [0, 0.05) is 13.0 Å². The van der Waals surface area contributed by atoms with Crippen LogP contribution >= 0.6 is 0 Å². The maximum absolute atomic E-state index is 12.3. The number of tetrazole rings is 1. The third kappa shape index (κ3) is 4.37. The molecule has 8 nitrogen and oxygen atoms in total. The van der Waals surface area contributed by atoms with E-state index in [4.69, 9.17) is 0 Å². The monoisotopic (exact) mass is 303 g/mol. The van der Waals surface area contributed by atoms with Gasteiger partial charge in [0.05, 0.1) is 13.5 Å². The third-order valence-corrected chi connectivity index (χ3v) is 3.11. The molecule has 0 aliphatic rings. The van der Waals surface area contributed by atoms with E-state index in [2.05, 4.69) is 25.6 Å². The highest BCUT2D eigenvalue weighted by atomic mass is 16.5. The normalized spacial score (nSPS) is 11.7. The fourth-order valence-electron chi connectivity index (χ4n) is 1.96. The Morgan fingerprint density at radius 2 is 2.09 bits per heavy atom. The van der Waals surface area contributed by atoms with E-state index in [-0.39, 0.29) is 24.8 Å². The van der Waals surface area contributed by atoms with E-state index in [0.717, 1.165) is 5.56 Å². The zero-order valence-electron chi connectivity index (χ0n) is 12.2. The summed E-state index contributed by atoms with van der Waals surface area (Å²) in [4.78, 5) is 23.4. The van der Waals surface area contributed by atoms with Crippen molar-refractivity contribution < 1.29 is 14.3 Å². The Hall–Kier alpha value is -2.77. The lowest BCUT2D eigenvalue weighted by Crippen LogP contribution is -2.35. The predicted molar refractivity (Wildman–Crippen MR) is 76.6 cm³/mol. The Balaban J connectivity index is 2.01. The van der Waals surface area contributed by atoms with Crippen LogP contribution in [0.15, 0.2) is 36.7 Å². The second-order valence-electron chi connectivity index (χ2n) is 4.61. The van der Waals surface area contributed by atoms with E-state index in [9.17, 15) is 9.59 Å². The molecule has 0 fully saturated rings. The van der Waals surface area contributed by atoms with Gasteiger partial charge in [-0.05, 0) is 16.0 Å². The number of carbonyl (C=O) groups excluding carboxylic acids is 2. The first kappa shape index (κ1) is 15.6. The van der Waals surface area contributed by atoms with Gasteiger partial charge >= 0.3 is 5.97 Å². The number of rotatable bonds is 7. The molecule has 2 rings (SSSR count). The van der Waals surface area contributed by atoms with Crippen LogP contribution in [0.5, 0.6) is 0 Å². The van der Waals surface area contributed by atoms with E-state index in [1.807, 2.05) is 30.3 Å². The lowest BCUT2D eigenvalue weighted by molar-refractivity contribution is -0.140. The van der Waals surface area contributed by atoms with Crippen LogP contribution in [-0.4, -0.2) is 45.7 Å². The first-order chi connectivity index (χ1) is 10.7. The first-order valence-electron chi connectivity index (χ1n) is 6.81. The fourth-order valence-corrected chi connectivity index (χ4v) is 1.96. The van der Waals surface area contributed by atoms with Crippen LogP contribution in [0, 0.1) is 0 Å². The molecule has 22 heavy (non-hydrogen) atoms. The molecule has 0 aliphatic heterocycles. The number of amides is 1. The molecule has 1 N–H and O–H groups in total. The highest BCUT2D eigenvalue weighted by Gasteiger charge is 2.22. The Bertz CT molecular complexity index is 600. The smallest absolute Gasteiger partial charge is 0.307 e. The van der Waals surface area contributed by atoms with Gasteiger partial charge in [0.25, 0.3) is 0 Å². The van der Waals surface area contributed by atoms with Crippen LogP contribution < -0.4 is 5.32 Å². The molecule has 2 aromatic rings. The summed E-state index contributed by atoms with van der Waals surface area (Å²) in [5.41, 5.74) is 0.992. The summed E-state index contributed by atoms with van der Waals surface area (Å²) in [7, 11) is 1.31. The zero-order valence-corrected chi connectivity index (χ0v) is 12.2. The van der Waals surface area contributed by atoms with Crippen molar-refractivity contribution >= 4 is 11.9 Å². The minimum absolute atomic E-state index is 0.121. The molecular weight excluding hydrogens is 286 g/mol. The lowest BCUT2D eigenvalue weighted by Gasteiger charge is -2.16. The highest BCUT2D eigenvalue weighted by molar-refractivity contribution is 5.81. The van der Waals surface area contributed by atoms with E-state index in [1.54, 1.807) is 0 Å². The average molecular weight is 303 g/mol. The topological polar surface area (TPSA) is 99.0 Å². The number of methoxy groups -OCH3 is 1. The molecule has 1 aromatic carbocycles. The van der Waals surface area contributed by atoms with Gasteiger partial charge in [0.2, 0.25) is 5.91 Å². The molecule has 1 unspecified atom stereocenters. The van der Waals surface area contributed by atoms with Crippen molar-refractivity contribution in [3.05, 3.63) is 42.2 Å². The summed E-state index contributed by atoms with van der Waals surface area (Å²) in [5.74, 6) is -0.623. The van der Waals surface area contributed by atoms with Gasteiger partial charge in [-0.2, -0.15) is 0 Å². The maximum Gasteiger partial charge on any atom is 0.307 e. The van der Waals surface area contributed by atoms with Gasteiger partial charge in [-0.3, -0.25) is 9.59 Å². The number of hydrogen-bond donors (Lipinski definition) is 1. The van der Waals surface area contributed by atoms with E-state index in [1.165, 1.54) is 18.1 Å². The van der Waals surface area contributed by atoms with Crippen molar-refractivity contribution in [2.45, 2.75) is 18.9 Å². The second kappa shape index (κ2) is 7.87. The molecule has 0 saturated carbocycles. The largest absolute Gasteiger partial charge is 0.469 e. The minimum atomic E-state index is -0.574. The second-order valence-corrected chi connectivity index (χ2v) is 4.61. The number of benzene rings is 1. The minimum Gasteiger partial charge on any atom is -0.469 e. The van der Waals surface area contributed by atoms with E-state index in [0.29, 0.717) is 6.42 Å². The number of nitrogens with zero attached hydrogens (tertiary/aromatic N) is 4. The van der Waals surface area contributed by atoms with Gasteiger partial charge in [-0.1, -0.05) is 30.3 Å². The number of hydrogen-bond acceptors (Lipinski definition) is 6. The summed E-state index contributed by atoms with van der Waals surface area (Å²) in [6.45, 7) is 0.207. The molecule has 116 valence electrons. The molecule has 0 radical (unpaired) electrons. The standard InChI is InChI=1S/C14H17N5O3/c1-22-13(20)7-8-15-14(21)12(19-10-16-17-18-19)9-11-5-3-2-4-6-11/h2-6,10,12H,7-9H2,1H3,(H,15,21). The van der Waals surface area contributed by atoms with Crippen molar-refractivity contribution in [3.63, 3.8) is 0 Å². The molecule has 1 aromatic heterocycles. The predicted octanol–water partition coefficient (Wildman–Crippen LogP) is 0.136. The quantitative estimate of drug-likeness (QED) is 0.730. The molecule has 0 spiro atoms. The van der Waals surface area contributed by atoms with E-state index < -0.39 is 6.04 Å². The van der Waals surface area contributed by atoms with E-state index >= 15 is 0 Å². The average Bonchev–Trinajstić information content (AvgIpc) is 3.07. The summed E-state index contributed by atoms with van der Waals surface area (Å²) in [6.07, 6.45) is 1.97. The van der Waals surface area contributed by atoms with Gasteiger partial charge < -0.3 is 10.1 Å². The van der Waals surface area contributed by atoms with Gasteiger partial charge in [0.15, 0.2) is 0 Å². The van der Waals surface area contributed by atoms with Gasteiger partial charge in [0.1, 0.15) is 12.4 Å². The molecule has 0 aliphatic carbocycles. The van der Waals surface area contributed by atoms with Crippen molar-refractivity contribution in [1.82, 2.24) is 25.5 Å². The molecule has 0 saturated heterocycles. The van der Waals surface area contributed by atoms with Crippen LogP contribution in [0.2, 0.25) is 0 Å². The SMILES string of the molecule is COC(=O)CCNC(=O)C(Cc1ccccc1)n1cnnn1. The third-order valence-electron chi connectivity index (χ3n) is 3.11. The van der Waals surface area contributed by atoms with Gasteiger partial charge in [-0.15, -0.1) is 5.10 Å². The number of ether oxygens (including phenoxy) is 1. The van der Waals surface area contributed by atoms with Crippen LogP contribution in [-0.2, 0) is 20.7 Å². The summed E-state index contributed by atoms with van der Waals surface area (Å²) in [5, 5.41) is 13.6. The highest BCUT2D eigenvalue weighted by Crippen LogP contribution is 2.13.